The Kier molecular flexibility index (Phi) is 7.65. The zero-order valence-electron chi connectivity index (χ0n) is 19.8. The number of hydrogen-bond donors (Lipinski definition) is 2. The van der Waals surface area contributed by atoms with Gasteiger partial charge in [-0.1, -0.05) is 17.7 Å². The predicted molar refractivity (Wildman–Crippen MR) is 128 cm³/mol. The van der Waals surface area contributed by atoms with Crippen molar-refractivity contribution < 1.29 is 19.4 Å². The van der Waals surface area contributed by atoms with Gasteiger partial charge in [0.15, 0.2) is 0 Å². The third-order valence-electron chi connectivity index (χ3n) is 5.29. The molecular formula is C25H32ClN3O4. The molecule has 0 amide bonds. The summed E-state index contributed by atoms with van der Waals surface area (Å²) in [7, 11) is 0. The lowest BCUT2D eigenvalue weighted by Crippen LogP contribution is -2.29. The van der Waals surface area contributed by atoms with Crippen molar-refractivity contribution in [3.8, 4) is 11.4 Å². The van der Waals surface area contributed by atoms with Gasteiger partial charge in [-0.2, -0.15) is 0 Å². The van der Waals surface area contributed by atoms with Crippen LogP contribution in [0.2, 0.25) is 5.15 Å². The molecule has 2 heterocycles. The van der Waals surface area contributed by atoms with Gasteiger partial charge in [-0.25, -0.2) is 4.98 Å². The summed E-state index contributed by atoms with van der Waals surface area (Å²) in [6, 6.07) is 3.96. The number of imidazole rings is 1. The highest BCUT2D eigenvalue weighted by atomic mass is 35.5. The van der Waals surface area contributed by atoms with Crippen molar-refractivity contribution in [2.45, 2.75) is 59.0 Å². The number of aromatic nitrogens is 3. The van der Waals surface area contributed by atoms with Crippen LogP contribution in [0.1, 0.15) is 58.3 Å². The lowest BCUT2D eigenvalue weighted by atomic mass is 9.94. The van der Waals surface area contributed by atoms with Crippen molar-refractivity contribution in [2.75, 3.05) is 13.2 Å². The summed E-state index contributed by atoms with van der Waals surface area (Å²) in [5.41, 5.74) is 1.44. The van der Waals surface area contributed by atoms with Crippen LogP contribution in [0.4, 0.5) is 0 Å². The largest absolute Gasteiger partial charge is 0.493 e. The molecule has 1 atom stereocenters. The SMILES string of the molecule is CC(C)(C)OCCc1nc(-c2ccc(C3C=CC(OCC(C)(C)C(=O)O)=CC3)nc2)[nH]c1Cl. The van der Waals surface area contributed by atoms with Crippen LogP contribution in [0.15, 0.2) is 42.3 Å². The molecule has 2 N–H and O–H groups in total. The molecule has 33 heavy (non-hydrogen) atoms. The Bertz CT molecular complexity index is 1030. The predicted octanol–water partition coefficient (Wildman–Crippen LogP) is 5.54. The summed E-state index contributed by atoms with van der Waals surface area (Å²) in [5, 5.41) is 9.72. The molecule has 0 bridgehead atoms. The lowest BCUT2D eigenvalue weighted by molar-refractivity contribution is -0.149. The van der Waals surface area contributed by atoms with Crippen molar-refractivity contribution in [1.82, 2.24) is 15.0 Å². The zero-order valence-corrected chi connectivity index (χ0v) is 20.6. The fourth-order valence-corrected chi connectivity index (χ4v) is 3.39. The van der Waals surface area contributed by atoms with Gasteiger partial charge < -0.3 is 19.6 Å². The van der Waals surface area contributed by atoms with Gasteiger partial charge in [-0.3, -0.25) is 9.78 Å². The molecule has 0 aromatic carbocycles. The minimum atomic E-state index is -0.933. The Hall–Kier alpha value is -2.64. The average molecular weight is 474 g/mol. The van der Waals surface area contributed by atoms with Crippen LogP contribution < -0.4 is 0 Å². The molecule has 0 radical (unpaired) electrons. The molecule has 1 unspecified atom stereocenters. The lowest BCUT2D eigenvalue weighted by Gasteiger charge is -2.22. The van der Waals surface area contributed by atoms with Gasteiger partial charge in [0, 0.05) is 29.8 Å². The number of carboxylic acid groups (broad SMARTS) is 1. The molecule has 1 aliphatic carbocycles. The molecular weight excluding hydrogens is 442 g/mol. The molecule has 178 valence electrons. The van der Waals surface area contributed by atoms with Crippen LogP contribution in [-0.4, -0.2) is 44.8 Å². The highest BCUT2D eigenvalue weighted by molar-refractivity contribution is 6.30. The molecule has 7 nitrogen and oxygen atoms in total. The number of nitrogens with one attached hydrogen (secondary N) is 1. The maximum absolute atomic E-state index is 11.2. The first-order chi connectivity index (χ1) is 15.4. The monoisotopic (exact) mass is 473 g/mol. The number of aromatic amines is 1. The van der Waals surface area contributed by atoms with Crippen molar-refractivity contribution in [3.63, 3.8) is 0 Å². The van der Waals surface area contributed by atoms with E-state index in [-0.39, 0.29) is 18.1 Å². The quantitative estimate of drug-likeness (QED) is 0.496. The topological polar surface area (TPSA) is 97.3 Å². The van der Waals surface area contributed by atoms with E-state index in [2.05, 4.69) is 15.0 Å². The highest BCUT2D eigenvalue weighted by Gasteiger charge is 2.28. The number of pyridine rings is 1. The van der Waals surface area contributed by atoms with E-state index in [1.54, 1.807) is 20.0 Å². The van der Waals surface area contributed by atoms with Crippen LogP contribution in [0.25, 0.3) is 11.4 Å². The Morgan fingerprint density at radius 2 is 2.03 bits per heavy atom. The number of carbonyl (C=O) groups is 1. The summed E-state index contributed by atoms with van der Waals surface area (Å²) in [4.78, 5) is 23.6. The molecule has 0 saturated heterocycles. The second-order valence-electron chi connectivity index (χ2n) is 9.81. The summed E-state index contributed by atoms with van der Waals surface area (Å²) in [5.74, 6) is 0.614. The van der Waals surface area contributed by atoms with Crippen molar-refractivity contribution in [3.05, 3.63) is 58.9 Å². The van der Waals surface area contributed by atoms with E-state index in [1.807, 2.05) is 51.1 Å². The third-order valence-corrected chi connectivity index (χ3v) is 5.60. The Morgan fingerprint density at radius 1 is 1.27 bits per heavy atom. The molecule has 0 saturated carbocycles. The van der Waals surface area contributed by atoms with Crippen LogP contribution >= 0.6 is 11.6 Å². The van der Waals surface area contributed by atoms with Gasteiger partial charge in [0.2, 0.25) is 0 Å². The minimum absolute atomic E-state index is 0.117. The van der Waals surface area contributed by atoms with Gasteiger partial charge in [-0.15, -0.1) is 0 Å². The molecule has 1 aliphatic rings. The zero-order chi connectivity index (χ0) is 24.2. The fourth-order valence-electron chi connectivity index (χ4n) is 3.16. The number of rotatable bonds is 9. The van der Waals surface area contributed by atoms with Gasteiger partial charge in [0.1, 0.15) is 23.3 Å². The van der Waals surface area contributed by atoms with E-state index < -0.39 is 11.4 Å². The summed E-state index contributed by atoms with van der Waals surface area (Å²) in [6.07, 6.45) is 9.03. The van der Waals surface area contributed by atoms with E-state index in [0.29, 0.717) is 29.8 Å². The molecule has 3 rings (SSSR count). The van der Waals surface area contributed by atoms with Gasteiger partial charge in [0.05, 0.1) is 23.3 Å². The minimum Gasteiger partial charge on any atom is -0.493 e. The first-order valence-electron chi connectivity index (χ1n) is 11.0. The molecule has 2 aromatic heterocycles. The number of ether oxygens (including phenoxy) is 2. The Balaban J connectivity index is 1.58. The van der Waals surface area contributed by atoms with Crippen LogP contribution in [-0.2, 0) is 20.7 Å². The Labute approximate surface area is 199 Å². The van der Waals surface area contributed by atoms with E-state index >= 15 is 0 Å². The van der Waals surface area contributed by atoms with Crippen molar-refractivity contribution >= 4 is 17.6 Å². The van der Waals surface area contributed by atoms with Crippen molar-refractivity contribution in [2.24, 2.45) is 5.41 Å². The number of H-pyrrole nitrogens is 1. The number of aliphatic carboxylic acids is 1. The van der Waals surface area contributed by atoms with E-state index in [4.69, 9.17) is 21.1 Å². The van der Waals surface area contributed by atoms with Crippen LogP contribution in [0.3, 0.4) is 0 Å². The Morgan fingerprint density at radius 3 is 2.61 bits per heavy atom. The first-order valence-corrected chi connectivity index (χ1v) is 11.4. The average Bonchev–Trinajstić information content (AvgIpc) is 3.12. The summed E-state index contributed by atoms with van der Waals surface area (Å²) < 4.78 is 11.4. The third kappa shape index (κ3) is 6.92. The normalized spacial score (nSPS) is 16.5. The van der Waals surface area contributed by atoms with Crippen LogP contribution in [0, 0.1) is 5.41 Å². The van der Waals surface area contributed by atoms with Gasteiger partial charge in [-0.05, 0) is 65.3 Å². The second kappa shape index (κ2) is 10.1. The second-order valence-corrected chi connectivity index (χ2v) is 10.2. The smallest absolute Gasteiger partial charge is 0.312 e. The maximum atomic E-state index is 11.2. The molecule has 2 aromatic rings. The van der Waals surface area contributed by atoms with E-state index in [0.717, 1.165) is 23.4 Å². The van der Waals surface area contributed by atoms with Gasteiger partial charge in [0.25, 0.3) is 0 Å². The molecule has 0 aliphatic heterocycles. The standard InChI is InChI=1S/C25H32ClN3O4/c1-24(2,3)33-13-12-20-21(26)29-22(28-20)17-8-11-19(27-14-17)16-6-9-18(10-7-16)32-15-25(4,5)23(30)31/h6,8-11,14,16H,7,12-13,15H2,1-5H3,(H,28,29)(H,30,31). The van der Waals surface area contributed by atoms with Crippen LogP contribution in [0.5, 0.6) is 0 Å². The molecule has 0 spiro atoms. The summed E-state index contributed by atoms with van der Waals surface area (Å²) >= 11 is 6.33. The van der Waals surface area contributed by atoms with Gasteiger partial charge >= 0.3 is 5.97 Å². The number of allylic oxidation sites excluding steroid dienone is 3. The number of hydrogen-bond acceptors (Lipinski definition) is 5. The first kappa shape index (κ1) is 25.0. The summed E-state index contributed by atoms with van der Waals surface area (Å²) in [6.45, 7) is 10.0. The maximum Gasteiger partial charge on any atom is 0.312 e. The van der Waals surface area contributed by atoms with E-state index in [9.17, 15) is 9.90 Å². The highest BCUT2D eigenvalue weighted by Crippen LogP contribution is 2.29. The number of nitrogens with zero attached hydrogens (tertiary/aromatic N) is 2. The number of halogens is 1. The van der Waals surface area contributed by atoms with E-state index in [1.165, 1.54) is 0 Å². The number of carboxylic acids is 1. The fraction of sp³-hybridized carbons (Fsp3) is 0.480. The van der Waals surface area contributed by atoms with Crippen molar-refractivity contribution in [1.29, 1.82) is 0 Å². The molecule has 0 fully saturated rings. The molecule has 8 heteroatoms.